The van der Waals surface area contributed by atoms with E-state index < -0.39 is 0 Å². The lowest BCUT2D eigenvalue weighted by Crippen LogP contribution is -2.07. The molecule has 2 aromatic carbocycles. The van der Waals surface area contributed by atoms with Gasteiger partial charge in [-0.3, -0.25) is 0 Å². The lowest BCUT2D eigenvalue weighted by atomic mass is 10.1. The molecule has 0 fully saturated rings. The Morgan fingerprint density at radius 3 is 2.72 bits per heavy atom. The van der Waals surface area contributed by atoms with E-state index in [4.69, 9.17) is 11.6 Å². The van der Waals surface area contributed by atoms with Crippen molar-refractivity contribution in [2.24, 2.45) is 0 Å². The summed E-state index contributed by atoms with van der Waals surface area (Å²) < 4.78 is 2.26. The largest absolute Gasteiger partial charge is 0.361 e. The fourth-order valence-electron chi connectivity index (χ4n) is 3.81. The maximum Gasteiger partial charge on any atom is 0.191 e. The molecule has 0 aliphatic carbocycles. The Balaban J connectivity index is 1.36. The smallest absolute Gasteiger partial charge is 0.191 e. The van der Waals surface area contributed by atoms with Crippen molar-refractivity contribution >= 4 is 34.3 Å². The Labute approximate surface area is 195 Å². The predicted octanol–water partition coefficient (Wildman–Crippen LogP) is 5.65. The zero-order valence-corrected chi connectivity index (χ0v) is 19.0. The van der Waals surface area contributed by atoms with Crippen LogP contribution in [0.4, 0.5) is 0 Å². The standard InChI is InChI=1S/C24H23ClN6S/c25-19-9-7-17(8-10-19)15-32-24-30-29-23(31(24)11-3-4-20-14-26-16-28-20)12-18-13-27-22-6-2-1-5-21(18)22/h1-2,5-10,13-14,16,27H,3-4,11-12,15H2,(H,26,28). The zero-order chi connectivity index (χ0) is 21.8. The molecule has 32 heavy (non-hydrogen) atoms. The van der Waals surface area contributed by atoms with Crippen LogP contribution in [-0.4, -0.2) is 29.7 Å². The van der Waals surface area contributed by atoms with E-state index in [0.29, 0.717) is 0 Å². The van der Waals surface area contributed by atoms with Crippen LogP contribution in [0.3, 0.4) is 0 Å². The number of nitrogens with one attached hydrogen (secondary N) is 2. The topological polar surface area (TPSA) is 75.2 Å². The van der Waals surface area contributed by atoms with Crippen LogP contribution >= 0.6 is 23.4 Å². The van der Waals surface area contributed by atoms with Gasteiger partial charge in [0.15, 0.2) is 5.16 Å². The fraction of sp³-hybridized carbons (Fsp3) is 0.208. The molecule has 5 rings (SSSR count). The minimum atomic E-state index is 0.739. The van der Waals surface area contributed by atoms with Crippen molar-refractivity contribution in [3.8, 4) is 0 Å². The van der Waals surface area contributed by atoms with Crippen molar-refractivity contribution in [2.75, 3.05) is 0 Å². The van der Waals surface area contributed by atoms with E-state index in [1.165, 1.54) is 16.5 Å². The first-order valence-electron chi connectivity index (χ1n) is 10.6. The van der Waals surface area contributed by atoms with Crippen molar-refractivity contribution in [1.82, 2.24) is 29.7 Å². The molecule has 3 heterocycles. The van der Waals surface area contributed by atoms with E-state index in [2.05, 4.69) is 66.2 Å². The first kappa shape index (κ1) is 20.8. The number of nitrogens with zero attached hydrogens (tertiary/aromatic N) is 4. The molecule has 0 aliphatic heterocycles. The molecule has 162 valence electrons. The van der Waals surface area contributed by atoms with Crippen LogP contribution in [0.15, 0.2) is 72.4 Å². The lowest BCUT2D eigenvalue weighted by Gasteiger charge is -2.10. The minimum Gasteiger partial charge on any atom is -0.361 e. The molecule has 5 aromatic rings. The second-order valence-electron chi connectivity index (χ2n) is 7.68. The third-order valence-corrected chi connectivity index (χ3v) is 6.77. The van der Waals surface area contributed by atoms with Crippen LogP contribution < -0.4 is 0 Å². The maximum atomic E-state index is 6.02. The van der Waals surface area contributed by atoms with E-state index in [1.807, 2.05) is 24.4 Å². The average molecular weight is 463 g/mol. The van der Waals surface area contributed by atoms with Gasteiger partial charge < -0.3 is 14.5 Å². The molecule has 0 atom stereocenters. The van der Waals surface area contributed by atoms with Crippen molar-refractivity contribution in [3.05, 3.63) is 94.9 Å². The van der Waals surface area contributed by atoms with Gasteiger partial charge >= 0.3 is 0 Å². The molecule has 8 heteroatoms. The van der Waals surface area contributed by atoms with Gasteiger partial charge in [0.25, 0.3) is 0 Å². The molecule has 0 spiro atoms. The second-order valence-corrected chi connectivity index (χ2v) is 9.06. The number of H-pyrrole nitrogens is 2. The summed E-state index contributed by atoms with van der Waals surface area (Å²) in [6.07, 6.45) is 8.35. The summed E-state index contributed by atoms with van der Waals surface area (Å²) in [7, 11) is 0. The highest BCUT2D eigenvalue weighted by molar-refractivity contribution is 7.98. The van der Waals surface area contributed by atoms with Crippen molar-refractivity contribution in [1.29, 1.82) is 0 Å². The number of benzene rings is 2. The van der Waals surface area contributed by atoms with Gasteiger partial charge in [-0.05, 0) is 42.2 Å². The fourth-order valence-corrected chi connectivity index (χ4v) is 4.87. The average Bonchev–Trinajstić information content (AvgIpc) is 3.56. The summed E-state index contributed by atoms with van der Waals surface area (Å²) in [4.78, 5) is 10.7. The SMILES string of the molecule is Clc1ccc(CSc2nnc(Cc3c[nH]c4ccccc34)n2CCCc2cnc[nH]2)cc1. The number of thioether (sulfide) groups is 1. The Morgan fingerprint density at radius 1 is 1.00 bits per heavy atom. The molecule has 0 amide bonds. The molecule has 3 aromatic heterocycles. The molecule has 2 N–H and O–H groups in total. The summed E-state index contributed by atoms with van der Waals surface area (Å²) >= 11 is 7.73. The van der Waals surface area contributed by atoms with Crippen LogP contribution in [0, 0.1) is 0 Å². The summed E-state index contributed by atoms with van der Waals surface area (Å²) in [5, 5.41) is 12.0. The third-order valence-electron chi connectivity index (χ3n) is 5.48. The quantitative estimate of drug-likeness (QED) is 0.277. The van der Waals surface area contributed by atoms with Crippen molar-refractivity contribution in [3.63, 3.8) is 0 Å². The van der Waals surface area contributed by atoms with Gasteiger partial charge in [0.2, 0.25) is 0 Å². The number of halogens is 1. The normalized spacial score (nSPS) is 11.4. The van der Waals surface area contributed by atoms with Gasteiger partial charge in [-0.25, -0.2) is 4.98 Å². The van der Waals surface area contributed by atoms with Crippen LogP contribution in [-0.2, 0) is 25.1 Å². The number of hydrogen-bond acceptors (Lipinski definition) is 4. The second kappa shape index (κ2) is 9.63. The monoisotopic (exact) mass is 462 g/mol. The van der Waals surface area contributed by atoms with Gasteiger partial charge in [-0.15, -0.1) is 10.2 Å². The van der Waals surface area contributed by atoms with Gasteiger partial charge in [0.05, 0.1) is 6.33 Å². The van der Waals surface area contributed by atoms with E-state index >= 15 is 0 Å². The molecule has 0 saturated carbocycles. The highest BCUT2D eigenvalue weighted by Gasteiger charge is 2.15. The minimum absolute atomic E-state index is 0.739. The van der Waals surface area contributed by atoms with Crippen molar-refractivity contribution in [2.45, 2.75) is 36.7 Å². The Morgan fingerprint density at radius 2 is 1.88 bits per heavy atom. The van der Waals surface area contributed by atoms with E-state index in [9.17, 15) is 0 Å². The molecule has 0 unspecified atom stereocenters. The first-order valence-corrected chi connectivity index (χ1v) is 11.9. The number of para-hydroxylation sites is 1. The summed E-state index contributed by atoms with van der Waals surface area (Å²) in [5.74, 6) is 1.81. The predicted molar refractivity (Wildman–Crippen MR) is 129 cm³/mol. The van der Waals surface area contributed by atoms with Gasteiger partial charge in [0.1, 0.15) is 5.82 Å². The molecular formula is C24H23ClN6S. The van der Waals surface area contributed by atoms with Gasteiger partial charge in [-0.1, -0.05) is 53.7 Å². The van der Waals surface area contributed by atoms with Crippen LogP contribution in [0.5, 0.6) is 0 Å². The van der Waals surface area contributed by atoms with Crippen LogP contribution in [0.2, 0.25) is 5.02 Å². The van der Waals surface area contributed by atoms with Gasteiger partial charge in [0, 0.05) is 52.7 Å². The number of fused-ring (bicyclic) bond motifs is 1. The third kappa shape index (κ3) is 4.74. The highest BCUT2D eigenvalue weighted by Crippen LogP contribution is 2.26. The van der Waals surface area contributed by atoms with Crippen LogP contribution in [0.1, 0.15) is 29.1 Å². The maximum absolute atomic E-state index is 6.02. The summed E-state index contributed by atoms with van der Waals surface area (Å²) in [5.41, 5.74) is 4.73. The molecule has 0 radical (unpaired) electrons. The molecule has 0 saturated heterocycles. The molecular weight excluding hydrogens is 440 g/mol. The number of imidazole rings is 1. The molecule has 0 aliphatic rings. The van der Waals surface area contributed by atoms with E-state index in [1.54, 1.807) is 18.1 Å². The van der Waals surface area contributed by atoms with Crippen LogP contribution in [0.25, 0.3) is 10.9 Å². The Kier molecular flexibility index (Phi) is 6.27. The zero-order valence-electron chi connectivity index (χ0n) is 17.5. The summed E-state index contributed by atoms with van der Waals surface area (Å²) in [6.45, 7) is 0.854. The number of hydrogen-bond donors (Lipinski definition) is 2. The number of rotatable bonds is 9. The molecule has 0 bridgehead atoms. The summed E-state index contributed by atoms with van der Waals surface area (Å²) in [6, 6.07) is 16.3. The Bertz CT molecular complexity index is 1290. The number of aryl methyl sites for hydroxylation is 1. The highest BCUT2D eigenvalue weighted by atomic mass is 35.5. The van der Waals surface area contributed by atoms with Gasteiger partial charge in [-0.2, -0.15) is 0 Å². The molecule has 6 nitrogen and oxygen atoms in total. The van der Waals surface area contributed by atoms with E-state index in [-0.39, 0.29) is 0 Å². The number of aromatic nitrogens is 6. The van der Waals surface area contributed by atoms with E-state index in [0.717, 1.165) is 58.8 Å². The first-order chi connectivity index (χ1) is 15.8. The van der Waals surface area contributed by atoms with Crippen molar-refractivity contribution < 1.29 is 0 Å². The number of aromatic amines is 2. The lowest BCUT2D eigenvalue weighted by molar-refractivity contribution is 0.572. The Hall–Kier alpha value is -3.03.